The van der Waals surface area contributed by atoms with Crippen LogP contribution in [0.2, 0.25) is 0 Å². The van der Waals surface area contributed by atoms with Crippen LogP contribution in [0.1, 0.15) is 24.8 Å². The van der Waals surface area contributed by atoms with Crippen molar-refractivity contribution in [3.05, 3.63) is 52.6 Å². The van der Waals surface area contributed by atoms with Gasteiger partial charge in [-0.1, -0.05) is 12.1 Å². The van der Waals surface area contributed by atoms with Gasteiger partial charge in [0.1, 0.15) is 5.82 Å². The quantitative estimate of drug-likeness (QED) is 0.655. The van der Waals surface area contributed by atoms with Crippen molar-refractivity contribution in [3.8, 4) is 5.69 Å². The molecule has 4 N–H and O–H groups in total. The van der Waals surface area contributed by atoms with E-state index in [0.717, 1.165) is 44.6 Å². The summed E-state index contributed by atoms with van der Waals surface area (Å²) < 4.78 is 1.48. The lowest BCUT2D eigenvalue weighted by molar-refractivity contribution is -0.155. The van der Waals surface area contributed by atoms with E-state index in [9.17, 15) is 9.59 Å². The van der Waals surface area contributed by atoms with Crippen LogP contribution >= 0.6 is 0 Å². The highest BCUT2D eigenvalue weighted by Gasteiger charge is 2.67. The molecule has 9 nitrogen and oxygen atoms in total. The molecule has 0 spiro atoms. The number of carbonyl (C=O) groups excluding carboxylic acids is 1. The molecule has 4 fully saturated rings. The number of nitrogens with two attached hydrogens (primary N) is 1. The molecule has 3 aliphatic carbocycles. The molecule has 164 valence electrons. The van der Waals surface area contributed by atoms with Gasteiger partial charge in [-0.3, -0.25) is 14.8 Å². The first-order valence-corrected chi connectivity index (χ1v) is 10.8. The van der Waals surface area contributed by atoms with Crippen molar-refractivity contribution >= 4 is 11.8 Å². The van der Waals surface area contributed by atoms with Crippen LogP contribution < -0.4 is 22.1 Å². The number of benzene rings is 1. The van der Waals surface area contributed by atoms with E-state index in [-0.39, 0.29) is 17.4 Å². The smallest absolute Gasteiger partial charge is 0.325 e. The number of carbonyl (C=O) groups is 1. The van der Waals surface area contributed by atoms with Crippen LogP contribution in [0.25, 0.3) is 5.69 Å². The molecule has 3 saturated carbocycles. The first-order valence-electron chi connectivity index (χ1n) is 10.8. The summed E-state index contributed by atoms with van der Waals surface area (Å²) in [5.74, 6) is 0.263. The molecule has 0 unspecified atom stereocenters. The molecule has 6 rings (SSSR count). The van der Waals surface area contributed by atoms with Gasteiger partial charge in [-0.2, -0.15) is 4.98 Å². The molecule has 2 heterocycles. The van der Waals surface area contributed by atoms with Gasteiger partial charge < -0.3 is 16.0 Å². The van der Waals surface area contributed by atoms with E-state index >= 15 is 0 Å². The van der Waals surface area contributed by atoms with Gasteiger partial charge in [0.15, 0.2) is 0 Å². The van der Waals surface area contributed by atoms with Crippen LogP contribution in [0.3, 0.4) is 0 Å². The van der Waals surface area contributed by atoms with Gasteiger partial charge in [-0.05, 0) is 50.1 Å². The van der Waals surface area contributed by atoms with E-state index < -0.39 is 5.69 Å². The predicted octanol–water partition coefficient (Wildman–Crippen LogP) is 0.735. The molecular weight excluding hydrogens is 394 g/mol. The fourth-order valence-electron chi connectivity index (χ4n) is 5.14. The second kappa shape index (κ2) is 7.44. The first-order chi connectivity index (χ1) is 14.9. The number of rotatable bonds is 5. The Morgan fingerprint density at radius 1 is 1.19 bits per heavy atom. The maximum Gasteiger partial charge on any atom is 0.354 e. The lowest BCUT2D eigenvalue weighted by atomic mass is 9.44. The van der Waals surface area contributed by atoms with Crippen LogP contribution in [0.4, 0.5) is 10.6 Å². The van der Waals surface area contributed by atoms with Gasteiger partial charge in [0.05, 0.1) is 5.69 Å². The summed E-state index contributed by atoms with van der Waals surface area (Å²) in [7, 11) is 2.16. The minimum Gasteiger partial charge on any atom is -0.325 e. The number of hydrogen-bond donors (Lipinski definition) is 3. The lowest BCUT2D eigenvalue weighted by Gasteiger charge is -2.72. The molecular formula is C22H29N7O2. The van der Waals surface area contributed by atoms with Crippen molar-refractivity contribution in [1.29, 1.82) is 0 Å². The van der Waals surface area contributed by atoms with Crippen LogP contribution in [0.5, 0.6) is 0 Å². The fourth-order valence-corrected chi connectivity index (χ4v) is 5.14. The van der Waals surface area contributed by atoms with Gasteiger partial charge in [-0.25, -0.2) is 9.59 Å². The molecule has 0 atom stereocenters. The monoisotopic (exact) mass is 423 g/mol. The van der Waals surface area contributed by atoms with Crippen molar-refractivity contribution in [2.24, 2.45) is 5.73 Å². The predicted molar refractivity (Wildman–Crippen MR) is 118 cm³/mol. The summed E-state index contributed by atoms with van der Waals surface area (Å²) >= 11 is 0. The molecule has 1 aromatic carbocycles. The van der Waals surface area contributed by atoms with E-state index in [1.807, 2.05) is 24.3 Å². The van der Waals surface area contributed by atoms with Crippen LogP contribution in [-0.2, 0) is 6.54 Å². The molecule has 31 heavy (non-hydrogen) atoms. The molecule has 1 aromatic heterocycles. The van der Waals surface area contributed by atoms with Gasteiger partial charge in [0, 0.05) is 50.0 Å². The molecule has 2 aromatic rings. The van der Waals surface area contributed by atoms with Crippen molar-refractivity contribution in [1.82, 2.24) is 24.7 Å². The summed E-state index contributed by atoms with van der Waals surface area (Å²) in [5.41, 5.74) is 8.09. The number of nitrogens with one attached hydrogen (secondary N) is 2. The van der Waals surface area contributed by atoms with Crippen molar-refractivity contribution < 1.29 is 4.79 Å². The van der Waals surface area contributed by atoms with Gasteiger partial charge in [-0.15, -0.1) is 0 Å². The summed E-state index contributed by atoms with van der Waals surface area (Å²) in [6.45, 7) is 3.67. The largest absolute Gasteiger partial charge is 0.354 e. The maximum atomic E-state index is 12.5. The molecule has 1 aliphatic heterocycles. The lowest BCUT2D eigenvalue weighted by Crippen LogP contribution is -2.81. The minimum absolute atomic E-state index is 0.100. The Morgan fingerprint density at radius 3 is 2.48 bits per heavy atom. The van der Waals surface area contributed by atoms with E-state index in [1.54, 1.807) is 17.2 Å². The Kier molecular flexibility index (Phi) is 4.84. The highest BCUT2D eigenvalue weighted by atomic mass is 16.2. The highest BCUT2D eigenvalue weighted by molar-refractivity contribution is 5.88. The average molecular weight is 424 g/mol. The van der Waals surface area contributed by atoms with E-state index in [1.165, 1.54) is 10.1 Å². The first kappa shape index (κ1) is 20.2. The van der Waals surface area contributed by atoms with Crippen LogP contribution in [-0.4, -0.2) is 69.7 Å². The molecule has 9 heteroatoms. The summed E-state index contributed by atoms with van der Waals surface area (Å²) in [4.78, 5) is 33.0. The molecule has 2 amide bonds. The number of piperazine rings is 1. The summed E-state index contributed by atoms with van der Waals surface area (Å²) in [6.07, 6.45) is 4.92. The number of nitrogens with zero attached hydrogens (tertiary/aromatic N) is 4. The third-order valence-electron chi connectivity index (χ3n) is 6.93. The Morgan fingerprint density at radius 2 is 1.87 bits per heavy atom. The topological polar surface area (TPSA) is 109 Å². The zero-order valence-corrected chi connectivity index (χ0v) is 17.8. The van der Waals surface area contributed by atoms with E-state index in [0.29, 0.717) is 18.6 Å². The van der Waals surface area contributed by atoms with Crippen LogP contribution in [0.15, 0.2) is 41.3 Å². The number of urea groups is 1. The van der Waals surface area contributed by atoms with Gasteiger partial charge in [0.2, 0.25) is 0 Å². The highest BCUT2D eigenvalue weighted by Crippen LogP contribution is 2.61. The Labute approximate surface area is 181 Å². The van der Waals surface area contributed by atoms with E-state index in [2.05, 4.69) is 27.6 Å². The summed E-state index contributed by atoms with van der Waals surface area (Å²) in [5, 5.41) is 5.91. The molecule has 2 bridgehead atoms. The molecule has 1 saturated heterocycles. The second-order valence-corrected chi connectivity index (χ2v) is 9.27. The standard InChI is InChI=1S/C22H29N7O2/c1-27(22-13-21(23,14-22)15-22)12-16-2-4-17(5-3-16)29-9-6-18(26-20(29)31)25-19(30)28-10-7-24-8-11-28/h2-6,9,24H,7-8,10-15,23H2,1H3,(H,25,26,30,31). The van der Waals surface area contributed by atoms with Gasteiger partial charge in [0.25, 0.3) is 0 Å². The fraction of sp³-hybridized carbons (Fsp3) is 0.500. The van der Waals surface area contributed by atoms with Crippen LogP contribution in [0, 0.1) is 0 Å². The number of aromatic nitrogens is 2. The maximum absolute atomic E-state index is 12.5. The normalized spacial score (nSPS) is 26.9. The average Bonchev–Trinajstić information content (AvgIpc) is 2.72. The Bertz CT molecular complexity index is 1020. The Hall–Kier alpha value is -2.75. The number of hydrogen-bond acceptors (Lipinski definition) is 6. The zero-order chi connectivity index (χ0) is 21.6. The zero-order valence-electron chi connectivity index (χ0n) is 17.8. The number of amides is 2. The minimum atomic E-state index is -0.426. The third-order valence-corrected chi connectivity index (χ3v) is 6.93. The third kappa shape index (κ3) is 3.73. The van der Waals surface area contributed by atoms with Crippen molar-refractivity contribution in [3.63, 3.8) is 0 Å². The summed E-state index contributed by atoms with van der Waals surface area (Å²) in [6, 6.07) is 9.36. The van der Waals surface area contributed by atoms with Gasteiger partial charge >= 0.3 is 11.7 Å². The van der Waals surface area contributed by atoms with E-state index in [4.69, 9.17) is 5.73 Å². The Balaban J connectivity index is 1.23. The van der Waals surface area contributed by atoms with Crippen molar-refractivity contribution in [2.75, 3.05) is 38.5 Å². The molecule has 0 radical (unpaired) electrons. The number of anilines is 1. The molecule has 4 aliphatic rings. The second-order valence-electron chi connectivity index (χ2n) is 9.27. The van der Waals surface area contributed by atoms with Crippen molar-refractivity contribution in [2.45, 2.75) is 36.9 Å². The SMILES string of the molecule is CN(Cc1ccc(-n2ccc(NC(=O)N3CCNCC3)nc2=O)cc1)C12CC(N)(C1)C2.